The molecule has 0 radical (unpaired) electrons. The SMILES string of the molecule is CNc1nc2c(c(=O)[nH]c(=O)n2C)n1C[C@@H](C)O. The molecule has 1 atom stereocenters. The lowest BCUT2D eigenvalue weighted by molar-refractivity contribution is 0.175. The van der Waals surface area contributed by atoms with Crippen molar-refractivity contribution in [3.63, 3.8) is 0 Å². The second-order valence-electron chi connectivity index (χ2n) is 4.14. The zero-order valence-corrected chi connectivity index (χ0v) is 10.4. The molecule has 0 aliphatic carbocycles. The highest BCUT2D eigenvalue weighted by molar-refractivity contribution is 5.74. The number of nitrogens with zero attached hydrogens (tertiary/aromatic N) is 3. The van der Waals surface area contributed by atoms with E-state index in [4.69, 9.17) is 0 Å². The minimum Gasteiger partial charge on any atom is -0.392 e. The molecular weight excluding hydrogens is 238 g/mol. The molecule has 3 N–H and O–H groups in total. The predicted octanol–water partition coefficient (Wildman–Crippen LogP) is -1.15. The van der Waals surface area contributed by atoms with E-state index in [1.54, 1.807) is 18.5 Å². The maximum atomic E-state index is 11.8. The van der Waals surface area contributed by atoms with E-state index >= 15 is 0 Å². The van der Waals surface area contributed by atoms with Crippen molar-refractivity contribution in [1.82, 2.24) is 19.1 Å². The number of rotatable bonds is 3. The minimum atomic E-state index is -0.633. The maximum Gasteiger partial charge on any atom is 0.329 e. The summed E-state index contributed by atoms with van der Waals surface area (Å²) in [6.07, 6.45) is -0.633. The monoisotopic (exact) mass is 253 g/mol. The van der Waals surface area contributed by atoms with Crippen LogP contribution in [0.3, 0.4) is 0 Å². The van der Waals surface area contributed by atoms with E-state index in [1.165, 1.54) is 11.6 Å². The smallest absolute Gasteiger partial charge is 0.329 e. The Bertz CT molecular complexity index is 694. The summed E-state index contributed by atoms with van der Waals surface area (Å²) in [4.78, 5) is 29.7. The zero-order valence-electron chi connectivity index (χ0n) is 10.4. The number of aliphatic hydroxyl groups excluding tert-OH is 1. The lowest BCUT2D eigenvalue weighted by atomic mass is 10.4. The first-order chi connectivity index (χ1) is 8.45. The highest BCUT2D eigenvalue weighted by atomic mass is 16.3. The van der Waals surface area contributed by atoms with Crippen molar-refractivity contribution in [1.29, 1.82) is 0 Å². The van der Waals surface area contributed by atoms with Gasteiger partial charge in [-0.15, -0.1) is 0 Å². The maximum absolute atomic E-state index is 11.8. The van der Waals surface area contributed by atoms with Crippen LogP contribution in [-0.2, 0) is 13.6 Å². The largest absolute Gasteiger partial charge is 0.392 e. The number of aryl methyl sites for hydroxylation is 1. The molecule has 98 valence electrons. The van der Waals surface area contributed by atoms with Crippen LogP contribution in [0, 0.1) is 0 Å². The molecule has 8 nitrogen and oxygen atoms in total. The molecule has 0 aromatic carbocycles. The number of anilines is 1. The van der Waals surface area contributed by atoms with E-state index < -0.39 is 17.4 Å². The Labute approximate surface area is 102 Å². The lowest BCUT2D eigenvalue weighted by Crippen LogP contribution is -2.29. The topological polar surface area (TPSA) is 105 Å². The normalized spacial score (nSPS) is 12.9. The summed E-state index contributed by atoms with van der Waals surface area (Å²) < 4.78 is 2.81. The van der Waals surface area contributed by atoms with Gasteiger partial charge in [-0.1, -0.05) is 0 Å². The molecule has 2 rings (SSSR count). The van der Waals surface area contributed by atoms with Crippen LogP contribution in [0.1, 0.15) is 6.92 Å². The molecule has 0 aliphatic rings. The molecule has 0 bridgehead atoms. The van der Waals surface area contributed by atoms with Gasteiger partial charge in [0.15, 0.2) is 11.2 Å². The Morgan fingerprint density at radius 3 is 2.72 bits per heavy atom. The highest BCUT2D eigenvalue weighted by Crippen LogP contribution is 2.15. The summed E-state index contributed by atoms with van der Waals surface area (Å²) >= 11 is 0. The number of hydrogen-bond acceptors (Lipinski definition) is 5. The summed E-state index contributed by atoms with van der Waals surface area (Å²) in [6, 6.07) is 0. The fourth-order valence-corrected chi connectivity index (χ4v) is 1.87. The Hall–Kier alpha value is -2.09. The van der Waals surface area contributed by atoms with E-state index in [2.05, 4.69) is 15.3 Å². The third-order valence-electron chi connectivity index (χ3n) is 2.68. The molecule has 0 unspecified atom stereocenters. The summed E-state index contributed by atoms with van der Waals surface area (Å²) in [6.45, 7) is 1.83. The molecule has 0 saturated carbocycles. The molecular formula is C10H15N5O3. The first kappa shape index (κ1) is 12.4. The van der Waals surface area contributed by atoms with E-state index in [0.717, 1.165) is 0 Å². The molecule has 2 aromatic heterocycles. The van der Waals surface area contributed by atoms with Crippen molar-refractivity contribution in [3.05, 3.63) is 20.8 Å². The first-order valence-electron chi connectivity index (χ1n) is 5.51. The molecule has 0 fully saturated rings. The quantitative estimate of drug-likeness (QED) is 0.640. The van der Waals surface area contributed by atoms with E-state index in [0.29, 0.717) is 5.95 Å². The van der Waals surface area contributed by atoms with Crippen molar-refractivity contribution in [2.45, 2.75) is 19.6 Å². The number of aromatic amines is 1. The van der Waals surface area contributed by atoms with Gasteiger partial charge in [0, 0.05) is 14.1 Å². The third-order valence-corrected chi connectivity index (χ3v) is 2.68. The minimum absolute atomic E-state index is 0.216. The summed E-state index contributed by atoms with van der Waals surface area (Å²) in [5.74, 6) is 0.428. The van der Waals surface area contributed by atoms with Crippen LogP contribution in [0.5, 0.6) is 0 Å². The van der Waals surface area contributed by atoms with E-state index in [9.17, 15) is 14.7 Å². The Morgan fingerprint density at radius 1 is 1.50 bits per heavy atom. The number of aliphatic hydroxyl groups is 1. The van der Waals surface area contributed by atoms with Crippen molar-refractivity contribution >= 4 is 17.1 Å². The Morgan fingerprint density at radius 2 is 2.17 bits per heavy atom. The van der Waals surface area contributed by atoms with Gasteiger partial charge in [0.25, 0.3) is 5.56 Å². The molecule has 8 heteroatoms. The van der Waals surface area contributed by atoms with Crippen LogP contribution in [0.15, 0.2) is 9.59 Å². The fraction of sp³-hybridized carbons (Fsp3) is 0.500. The zero-order chi connectivity index (χ0) is 13.4. The summed E-state index contributed by atoms with van der Waals surface area (Å²) in [7, 11) is 3.19. The first-order valence-corrected chi connectivity index (χ1v) is 5.51. The van der Waals surface area contributed by atoms with Gasteiger partial charge >= 0.3 is 5.69 Å². The molecule has 2 heterocycles. The van der Waals surface area contributed by atoms with Gasteiger partial charge in [0.2, 0.25) is 5.95 Å². The van der Waals surface area contributed by atoms with Crippen molar-refractivity contribution in [2.75, 3.05) is 12.4 Å². The van der Waals surface area contributed by atoms with Gasteiger partial charge in [0.05, 0.1) is 12.6 Å². The summed E-state index contributed by atoms with van der Waals surface area (Å²) in [5.41, 5.74) is -0.476. The number of nitrogens with one attached hydrogen (secondary N) is 2. The average Bonchev–Trinajstić information content (AvgIpc) is 2.64. The molecule has 0 saturated heterocycles. The van der Waals surface area contributed by atoms with Crippen molar-refractivity contribution in [3.8, 4) is 0 Å². The average molecular weight is 253 g/mol. The second kappa shape index (κ2) is 4.30. The van der Waals surface area contributed by atoms with Crippen LogP contribution in [0.2, 0.25) is 0 Å². The number of hydrogen-bond donors (Lipinski definition) is 3. The van der Waals surface area contributed by atoms with Crippen LogP contribution in [0.25, 0.3) is 11.2 Å². The van der Waals surface area contributed by atoms with Crippen molar-refractivity contribution < 1.29 is 5.11 Å². The number of aromatic nitrogens is 4. The number of H-pyrrole nitrogens is 1. The van der Waals surface area contributed by atoms with E-state index in [1.807, 2.05) is 0 Å². The Kier molecular flexibility index (Phi) is 2.95. The number of fused-ring (bicyclic) bond motifs is 1. The predicted molar refractivity (Wildman–Crippen MR) is 66.8 cm³/mol. The highest BCUT2D eigenvalue weighted by Gasteiger charge is 2.17. The standard InChI is InChI=1S/C10H15N5O3/c1-5(16)4-15-6-7(12-9(15)11-2)14(3)10(18)13-8(6)17/h5,16H,4H2,1-3H3,(H,11,12)(H,13,17,18)/t5-/m1/s1. The van der Waals surface area contributed by atoms with Gasteiger partial charge in [-0.25, -0.2) is 4.79 Å². The van der Waals surface area contributed by atoms with Gasteiger partial charge in [0.1, 0.15) is 0 Å². The lowest BCUT2D eigenvalue weighted by Gasteiger charge is -2.09. The molecule has 2 aromatic rings. The summed E-state index contributed by atoms with van der Waals surface area (Å²) in [5, 5.41) is 12.3. The van der Waals surface area contributed by atoms with Crippen LogP contribution in [-0.4, -0.2) is 37.4 Å². The van der Waals surface area contributed by atoms with Gasteiger partial charge < -0.3 is 15.0 Å². The van der Waals surface area contributed by atoms with Crippen LogP contribution in [0.4, 0.5) is 5.95 Å². The third kappa shape index (κ3) is 1.80. The Balaban J connectivity index is 2.87. The van der Waals surface area contributed by atoms with Crippen molar-refractivity contribution in [2.24, 2.45) is 7.05 Å². The second-order valence-corrected chi connectivity index (χ2v) is 4.14. The molecule has 0 amide bonds. The van der Waals surface area contributed by atoms with Gasteiger partial charge in [-0.05, 0) is 6.92 Å². The van der Waals surface area contributed by atoms with Gasteiger partial charge in [-0.3, -0.25) is 14.3 Å². The fourth-order valence-electron chi connectivity index (χ4n) is 1.87. The van der Waals surface area contributed by atoms with E-state index in [-0.39, 0.29) is 17.7 Å². The van der Waals surface area contributed by atoms with Crippen LogP contribution >= 0.6 is 0 Å². The molecule has 0 spiro atoms. The number of imidazole rings is 1. The van der Waals surface area contributed by atoms with Gasteiger partial charge in [-0.2, -0.15) is 4.98 Å². The molecule has 18 heavy (non-hydrogen) atoms. The molecule has 0 aliphatic heterocycles. The van der Waals surface area contributed by atoms with Crippen LogP contribution < -0.4 is 16.6 Å².